The SMILES string of the molecule is NC(Cc1ccc(O)cc1)C(=O)O.[CH2]c1ccccc1. The first kappa shape index (κ1) is 15.7. The predicted octanol–water partition coefficient (Wildman–Crippen LogP) is 2.22. The maximum absolute atomic E-state index is 10.4. The fourth-order valence-electron chi connectivity index (χ4n) is 1.45. The maximum atomic E-state index is 10.4. The fraction of sp³-hybridized carbons (Fsp3) is 0.125. The van der Waals surface area contributed by atoms with Gasteiger partial charge in [-0.05, 0) is 36.6 Å². The highest BCUT2D eigenvalue weighted by Crippen LogP contribution is 2.10. The average molecular weight is 272 g/mol. The van der Waals surface area contributed by atoms with Crippen LogP contribution in [0.2, 0.25) is 0 Å². The van der Waals surface area contributed by atoms with E-state index in [1.54, 1.807) is 12.1 Å². The van der Waals surface area contributed by atoms with E-state index in [4.69, 9.17) is 15.9 Å². The standard InChI is InChI=1S/C9H11NO3.C7H7/c10-8(9(12)13)5-6-1-3-7(11)4-2-6;1-7-5-3-2-4-6-7/h1-4,8,11H,5,10H2,(H,12,13);2-6H,1H2. The molecule has 0 aliphatic carbocycles. The number of rotatable bonds is 3. The molecule has 0 spiro atoms. The average Bonchev–Trinajstić information content (AvgIpc) is 2.43. The van der Waals surface area contributed by atoms with E-state index in [9.17, 15) is 4.79 Å². The Balaban J connectivity index is 0.000000240. The molecular weight excluding hydrogens is 254 g/mol. The minimum absolute atomic E-state index is 0.160. The highest BCUT2D eigenvalue weighted by Gasteiger charge is 2.11. The molecule has 1 unspecified atom stereocenters. The zero-order valence-electron chi connectivity index (χ0n) is 11.1. The Morgan fingerprint density at radius 1 is 1.10 bits per heavy atom. The van der Waals surface area contributed by atoms with Crippen molar-refractivity contribution in [2.75, 3.05) is 0 Å². The number of carboxylic acids is 1. The molecule has 4 heteroatoms. The molecule has 0 saturated heterocycles. The molecular formula is C16H18NO3. The molecule has 20 heavy (non-hydrogen) atoms. The van der Waals surface area contributed by atoms with Crippen LogP contribution in [0.15, 0.2) is 54.6 Å². The van der Waals surface area contributed by atoms with Crippen LogP contribution in [0, 0.1) is 6.92 Å². The van der Waals surface area contributed by atoms with Gasteiger partial charge in [0.05, 0.1) is 0 Å². The number of hydrogen-bond acceptors (Lipinski definition) is 3. The Morgan fingerprint density at radius 3 is 2.05 bits per heavy atom. The predicted molar refractivity (Wildman–Crippen MR) is 78.3 cm³/mol. The fourth-order valence-corrected chi connectivity index (χ4v) is 1.45. The minimum atomic E-state index is -1.02. The molecule has 0 saturated carbocycles. The van der Waals surface area contributed by atoms with Crippen molar-refractivity contribution < 1.29 is 15.0 Å². The summed E-state index contributed by atoms with van der Waals surface area (Å²) in [7, 11) is 0. The second-order valence-corrected chi connectivity index (χ2v) is 4.30. The lowest BCUT2D eigenvalue weighted by molar-refractivity contribution is -0.138. The van der Waals surface area contributed by atoms with E-state index in [0.717, 1.165) is 11.1 Å². The number of benzene rings is 2. The molecule has 2 rings (SSSR count). The van der Waals surface area contributed by atoms with Gasteiger partial charge in [-0.2, -0.15) is 0 Å². The van der Waals surface area contributed by atoms with Gasteiger partial charge in [-0.3, -0.25) is 4.79 Å². The van der Waals surface area contributed by atoms with Gasteiger partial charge in [0, 0.05) is 0 Å². The van der Waals surface area contributed by atoms with Crippen LogP contribution < -0.4 is 5.73 Å². The maximum Gasteiger partial charge on any atom is 0.320 e. The summed E-state index contributed by atoms with van der Waals surface area (Å²) >= 11 is 0. The van der Waals surface area contributed by atoms with Crippen molar-refractivity contribution in [3.63, 3.8) is 0 Å². The lowest BCUT2D eigenvalue weighted by Gasteiger charge is -2.05. The van der Waals surface area contributed by atoms with Crippen molar-refractivity contribution in [3.8, 4) is 5.75 Å². The summed E-state index contributed by atoms with van der Waals surface area (Å²) in [6.45, 7) is 3.72. The van der Waals surface area contributed by atoms with Crippen molar-refractivity contribution in [2.24, 2.45) is 5.73 Å². The van der Waals surface area contributed by atoms with E-state index >= 15 is 0 Å². The molecule has 0 aliphatic rings. The minimum Gasteiger partial charge on any atom is -0.508 e. The number of phenolic OH excluding ortho intramolecular Hbond substituents is 1. The van der Waals surface area contributed by atoms with Crippen molar-refractivity contribution in [1.29, 1.82) is 0 Å². The Morgan fingerprint density at radius 2 is 1.65 bits per heavy atom. The molecule has 1 radical (unpaired) electrons. The Bertz CT molecular complexity index is 523. The summed E-state index contributed by atoms with van der Waals surface area (Å²) in [5, 5.41) is 17.5. The van der Waals surface area contributed by atoms with Crippen LogP contribution in [-0.2, 0) is 11.2 Å². The highest BCUT2D eigenvalue weighted by atomic mass is 16.4. The monoisotopic (exact) mass is 272 g/mol. The number of phenols is 1. The summed E-state index contributed by atoms with van der Waals surface area (Å²) in [4.78, 5) is 10.4. The van der Waals surface area contributed by atoms with Crippen molar-refractivity contribution in [3.05, 3.63) is 72.6 Å². The second-order valence-electron chi connectivity index (χ2n) is 4.30. The van der Waals surface area contributed by atoms with Crippen LogP contribution in [0.4, 0.5) is 0 Å². The largest absolute Gasteiger partial charge is 0.508 e. The van der Waals surface area contributed by atoms with Gasteiger partial charge in [0.2, 0.25) is 0 Å². The van der Waals surface area contributed by atoms with Gasteiger partial charge in [-0.25, -0.2) is 0 Å². The van der Waals surface area contributed by atoms with E-state index in [1.807, 2.05) is 30.3 Å². The Labute approximate surface area is 118 Å². The second kappa shape index (κ2) is 7.96. The number of carbonyl (C=O) groups is 1. The first-order chi connectivity index (χ1) is 9.49. The molecule has 0 fully saturated rings. The third-order valence-electron chi connectivity index (χ3n) is 2.55. The quantitative estimate of drug-likeness (QED) is 0.800. The van der Waals surface area contributed by atoms with Gasteiger partial charge >= 0.3 is 5.97 Å². The zero-order chi connectivity index (χ0) is 15.0. The summed E-state index contributed by atoms with van der Waals surface area (Å²) in [6, 6.07) is 15.3. The smallest absolute Gasteiger partial charge is 0.320 e. The van der Waals surface area contributed by atoms with Crippen LogP contribution in [0.25, 0.3) is 0 Å². The number of nitrogens with two attached hydrogens (primary N) is 1. The van der Waals surface area contributed by atoms with Gasteiger partial charge in [-0.15, -0.1) is 0 Å². The van der Waals surface area contributed by atoms with Crippen LogP contribution in [0.1, 0.15) is 11.1 Å². The molecule has 4 nitrogen and oxygen atoms in total. The number of aliphatic carboxylic acids is 1. The molecule has 0 bridgehead atoms. The Hall–Kier alpha value is -2.33. The molecule has 4 N–H and O–H groups in total. The third-order valence-corrected chi connectivity index (χ3v) is 2.55. The number of aromatic hydroxyl groups is 1. The van der Waals surface area contributed by atoms with Crippen molar-refractivity contribution in [2.45, 2.75) is 12.5 Å². The number of carboxylic acid groups (broad SMARTS) is 1. The van der Waals surface area contributed by atoms with Gasteiger partial charge < -0.3 is 15.9 Å². The Kier molecular flexibility index (Phi) is 6.26. The summed E-state index contributed by atoms with van der Waals surface area (Å²) < 4.78 is 0. The molecule has 2 aromatic rings. The summed E-state index contributed by atoms with van der Waals surface area (Å²) in [5.41, 5.74) is 7.20. The van der Waals surface area contributed by atoms with E-state index in [0.29, 0.717) is 0 Å². The van der Waals surface area contributed by atoms with E-state index in [2.05, 4.69) is 6.92 Å². The molecule has 0 amide bonds. The topological polar surface area (TPSA) is 83.5 Å². The lowest BCUT2D eigenvalue weighted by atomic mass is 10.1. The summed E-state index contributed by atoms with van der Waals surface area (Å²) in [6.07, 6.45) is 0.273. The van der Waals surface area contributed by atoms with Crippen LogP contribution in [-0.4, -0.2) is 22.2 Å². The number of hydrogen-bond donors (Lipinski definition) is 3. The molecule has 0 aromatic heterocycles. The first-order valence-electron chi connectivity index (χ1n) is 6.12. The van der Waals surface area contributed by atoms with Gasteiger partial charge in [0.25, 0.3) is 0 Å². The zero-order valence-corrected chi connectivity index (χ0v) is 11.1. The van der Waals surface area contributed by atoms with Gasteiger partial charge in [0.1, 0.15) is 11.8 Å². The molecule has 1 atom stereocenters. The van der Waals surface area contributed by atoms with Crippen LogP contribution in [0.5, 0.6) is 5.75 Å². The van der Waals surface area contributed by atoms with Crippen molar-refractivity contribution >= 4 is 5.97 Å². The lowest BCUT2D eigenvalue weighted by Crippen LogP contribution is -2.32. The van der Waals surface area contributed by atoms with Gasteiger partial charge in [0.15, 0.2) is 0 Å². The molecule has 2 aromatic carbocycles. The van der Waals surface area contributed by atoms with E-state index in [-0.39, 0.29) is 12.2 Å². The summed E-state index contributed by atoms with van der Waals surface area (Å²) in [5.74, 6) is -0.860. The van der Waals surface area contributed by atoms with Crippen LogP contribution in [0.3, 0.4) is 0 Å². The van der Waals surface area contributed by atoms with E-state index < -0.39 is 12.0 Å². The molecule has 105 valence electrons. The normalized spacial score (nSPS) is 11.1. The van der Waals surface area contributed by atoms with Crippen molar-refractivity contribution in [1.82, 2.24) is 0 Å². The van der Waals surface area contributed by atoms with E-state index in [1.165, 1.54) is 12.1 Å². The first-order valence-corrected chi connectivity index (χ1v) is 6.12. The molecule has 0 aliphatic heterocycles. The highest BCUT2D eigenvalue weighted by molar-refractivity contribution is 5.73. The van der Waals surface area contributed by atoms with Gasteiger partial charge in [-0.1, -0.05) is 42.5 Å². The third kappa shape index (κ3) is 6.02. The van der Waals surface area contributed by atoms with Crippen LogP contribution >= 0.6 is 0 Å². The molecule has 0 heterocycles.